The van der Waals surface area contributed by atoms with Crippen molar-refractivity contribution in [2.45, 2.75) is 26.4 Å². The van der Waals surface area contributed by atoms with Gasteiger partial charge in [-0.3, -0.25) is 0 Å². The molecule has 0 amide bonds. The van der Waals surface area contributed by atoms with Gasteiger partial charge in [0.1, 0.15) is 0 Å². The second-order valence-corrected chi connectivity index (χ2v) is 4.10. The second-order valence-electron chi connectivity index (χ2n) is 4.10. The molecule has 0 radical (unpaired) electrons. The number of alkyl halides is 3. The smallest absolute Gasteiger partial charge is 0.240 e. The fourth-order valence-electron chi connectivity index (χ4n) is 1.80. The van der Waals surface area contributed by atoms with Crippen LogP contribution in [0.2, 0.25) is 0 Å². The van der Waals surface area contributed by atoms with Gasteiger partial charge in [-0.05, 0) is 37.1 Å². The third-order valence-electron chi connectivity index (χ3n) is 2.76. The summed E-state index contributed by atoms with van der Waals surface area (Å²) >= 11 is 0. The monoisotopic (exact) mass is 254 g/mol. The minimum atomic E-state index is -4.33. The standard InChI is InChI=1S/C13H13F3N2/c1-3-10-4-5-11(13(14,15)16)8-12(10)18-7-6-9(2)17-18/h4-8H,3H2,1-2H3. The predicted molar refractivity (Wildman–Crippen MR) is 62.7 cm³/mol. The maximum atomic E-state index is 12.7. The zero-order valence-electron chi connectivity index (χ0n) is 10.1. The Bertz CT molecular complexity index is 556. The van der Waals surface area contributed by atoms with Gasteiger partial charge in [0.2, 0.25) is 0 Å². The molecule has 0 saturated heterocycles. The van der Waals surface area contributed by atoms with E-state index in [1.807, 2.05) is 6.92 Å². The molecule has 0 aliphatic rings. The van der Waals surface area contributed by atoms with Crippen LogP contribution in [0.4, 0.5) is 13.2 Å². The highest BCUT2D eigenvalue weighted by atomic mass is 19.4. The van der Waals surface area contributed by atoms with Crippen molar-refractivity contribution in [1.82, 2.24) is 9.78 Å². The molecule has 1 aromatic heterocycles. The maximum absolute atomic E-state index is 12.7. The highest BCUT2D eigenvalue weighted by molar-refractivity contribution is 5.44. The lowest BCUT2D eigenvalue weighted by Gasteiger charge is -2.12. The number of hydrogen-bond donors (Lipinski definition) is 0. The summed E-state index contributed by atoms with van der Waals surface area (Å²) in [5, 5.41) is 4.16. The van der Waals surface area contributed by atoms with E-state index in [1.165, 1.54) is 10.7 Å². The van der Waals surface area contributed by atoms with Crippen LogP contribution in [-0.2, 0) is 12.6 Å². The molecule has 0 unspecified atom stereocenters. The van der Waals surface area contributed by atoms with Gasteiger partial charge in [0, 0.05) is 6.20 Å². The molecule has 96 valence electrons. The maximum Gasteiger partial charge on any atom is 0.416 e. The molecular weight excluding hydrogens is 241 g/mol. The van der Waals surface area contributed by atoms with Gasteiger partial charge in [0.25, 0.3) is 0 Å². The summed E-state index contributed by atoms with van der Waals surface area (Å²) in [6, 6.07) is 5.53. The molecule has 2 rings (SSSR count). The second kappa shape index (κ2) is 4.48. The van der Waals surface area contributed by atoms with Crippen LogP contribution in [0.1, 0.15) is 23.7 Å². The molecule has 0 aliphatic carbocycles. The molecule has 0 spiro atoms. The van der Waals surface area contributed by atoms with Crippen molar-refractivity contribution >= 4 is 0 Å². The van der Waals surface area contributed by atoms with Crippen LogP contribution in [0.5, 0.6) is 0 Å². The Morgan fingerprint density at radius 1 is 1.22 bits per heavy atom. The van der Waals surface area contributed by atoms with Crippen molar-refractivity contribution in [3.63, 3.8) is 0 Å². The van der Waals surface area contributed by atoms with Gasteiger partial charge in [-0.15, -0.1) is 0 Å². The number of halogens is 3. The van der Waals surface area contributed by atoms with E-state index in [1.54, 1.807) is 19.2 Å². The third kappa shape index (κ3) is 2.39. The van der Waals surface area contributed by atoms with Crippen LogP contribution in [-0.4, -0.2) is 9.78 Å². The molecule has 0 fully saturated rings. The van der Waals surface area contributed by atoms with E-state index < -0.39 is 11.7 Å². The first-order valence-corrected chi connectivity index (χ1v) is 5.64. The lowest BCUT2D eigenvalue weighted by Crippen LogP contribution is -2.08. The van der Waals surface area contributed by atoms with Crippen LogP contribution in [0.25, 0.3) is 5.69 Å². The van der Waals surface area contributed by atoms with E-state index in [-0.39, 0.29) is 0 Å². The van der Waals surface area contributed by atoms with E-state index in [0.717, 1.165) is 23.4 Å². The summed E-state index contributed by atoms with van der Waals surface area (Å²) in [6.45, 7) is 3.71. The lowest BCUT2D eigenvalue weighted by atomic mass is 10.1. The largest absolute Gasteiger partial charge is 0.416 e. The van der Waals surface area contributed by atoms with Gasteiger partial charge in [0.15, 0.2) is 0 Å². The van der Waals surface area contributed by atoms with Crippen LogP contribution >= 0.6 is 0 Å². The number of rotatable bonds is 2. The van der Waals surface area contributed by atoms with E-state index in [2.05, 4.69) is 5.10 Å². The Labute approximate surface area is 103 Å². The molecule has 1 heterocycles. The molecule has 0 N–H and O–H groups in total. The van der Waals surface area contributed by atoms with Crippen LogP contribution in [0.3, 0.4) is 0 Å². The minimum absolute atomic E-state index is 0.487. The highest BCUT2D eigenvalue weighted by Gasteiger charge is 2.31. The SMILES string of the molecule is CCc1ccc(C(F)(F)F)cc1-n1ccc(C)n1. The van der Waals surface area contributed by atoms with Gasteiger partial charge in [-0.25, -0.2) is 4.68 Å². The van der Waals surface area contributed by atoms with Crippen molar-refractivity contribution in [2.24, 2.45) is 0 Å². The average molecular weight is 254 g/mol. The number of benzene rings is 1. The molecule has 2 nitrogen and oxygen atoms in total. The first-order chi connectivity index (χ1) is 8.41. The first-order valence-electron chi connectivity index (χ1n) is 5.64. The summed E-state index contributed by atoms with van der Waals surface area (Å²) in [7, 11) is 0. The Balaban J connectivity index is 2.56. The van der Waals surface area contributed by atoms with Crippen molar-refractivity contribution < 1.29 is 13.2 Å². The average Bonchev–Trinajstić information content (AvgIpc) is 2.73. The highest BCUT2D eigenvalue weighted by Crippen LogP contribution is 2.31. The first kappa shape index (κ1) is 12.7. The molecule has 0 saturated carbocycles. The zero-order valence-corrected chi connectivity index (χ0v) is 10.1. The summed E-state index contributed by atoms with van der Waals surface area (Å²) in [6.07, 6.45) is -2.00. The van der Waals surface area contributed by atoms with Crippen molar-refractivity contribution in [1.29, 1.82) is 0 Å². The lowest BCUT2D eigenvalue weighted by molar-refractivity contribution is -0.137. The van der Waals surface area contributed by atoms with Crippen LogP contribution in [0, 0.1) is 6.92 Å². The quantitative estimate of drug-likeness (QED) is 0.797. The van der Waals surface area contributed by atoms with E-state index in [4.69, 9.17) is 0 Å². The molecule has 1 aromatic carbocycles. The van der Waals surface area contributed by atoms with Gasteiger partial charge in [-0.2, -0.15) is 18.3 Å². The summed E-state index contributed by atoms with van der Waals surface area (Å²) in [5.41, 5.74) is 1.45. The fourth-order valence-corrected chi connectivity index (χ4v) is 1.80. The Morgan fingerprint density at radius 2 is 1.94 bits per heavy atom. The van der Waals surface area contributed by atoms with Crippen molar-refractivity contribution in [3.8, 4) is 5.69 Å². The van der Waals surface area contributed by atoms with Crippen LogP contribution < -0.4 is 0 Å². The van der Waals surface area contributed by atoms with Crippen molar-refractivity contribution in [2.75, 3.05) is 0 Å². The minimum Gasteiger partial charge on any atom is -0.240 e. The molecule has 0 bridgehead atoms. The summed E-state index contributed by atoms with van der Waals surface area (Å²) in [5.74, 6) is 0. The Kier molecular flexibility index (Phi) is 3.15. The molecule has 0 aliphatic heterocycles. The Morgan fingerprint density at radius 3 is 2.44 bits per heavy atom. The zero-order chi connectivity index (χ0) is 13.3. The number of aromatic nitrogens is 2. The van der Waals surface area contributed by atoms with Gasteiger partial charge < -0.3 is 0 Å². The molecule has 2 aromatic rings. The topological polar surface area (TPSA) is 17.8 Å². The van der Waals surface area contributed by atoms with Gasteiger partial charge in [0.05, 0.1) is 16.9 Å². The number of hydrogen-bond acceptors (Lipinski definition) is 1. The fraction of sp³-hybridized carbons (Fsp3) is 0.308. The molecule has 0 atom stereocenters. The third-order valence-corrected chi connectivity index (χ3v) is 2.76. The van der Waals surface area contributed by atoms with E-state index >= 15 is 0 Å². The summed E-state index contributed by atoms with van der Waals surface area (Å²) < 4.78 is 39.6. The van der Waals surface area contributed by atoms with Gasteiger partial charge in [-0.1, -0.05) is 13.0 Å². The number of aryl methyl sites for hydroxylation is 2. The van der Waals surface area contributed by atoms with E-state index in [9.17, 15) is 13.2 Å². The molecular formula is C13H13F3N2. The van der Waals surface area contributed by atoms with Gasteiger partial charge >= 0.3 is 6.18 Å². The van der Waals surface area contributed by atoms with Crippen LogP contribution in [0.15, 0.2) is 30.5 Å². The molecule has 5 heteroatoms. The van der Waals surface area contributed by atoms with Crippen molar-refractivity contribution in [3.05, 3.63) is 47.3 Å². The predicted octanol–water partition coefficient (Wildman–Crippen LogP) is 3.76. The summed E-state index contributed by atoms with van der Waals surface area (Å²) in [4.78, 5) is 0. The Hall–Kier alpha value is -1.78. The molecule has 18 heavy (non-hydrogen) atoms. The number of nitrogens with zero attached hydrogens (tertiary/aromatic N) is 2. The van der Waals surface area contributed by atoms with E-state index in [0.29, 0.717) is 12.1 Å². The normalized spacial score (nSPS) is 11.8.